The topological polar surface area (TPSA) is 52.6 Å². The summed E-state index contributed by atoms with van der Waals surface area (Å²) in [6.45, 7) is 5.25. The molecule has 0 aromatic heterocycles. The van der Waals surface area contributed by atoms with Gasteiger partial charge in [0.25, 0.3) is 0 Å². The van der Waals surface area contributed by atoms with Gasteiger partial charge in [-0.3, -0.25) is 9.59 Å². The molecule has 0 saturated heterocycles. The minimum atomic E-state index is -0.296. The van der Waals surface area contributed by atoms with Crippen molar-refractivity contribution in [3.8, 4) is 0 Å². The van der Waals surface area contributed by atoms with E-state index in [1.807, 2.05) is 0 Å². The summed E-state index contributed by atoms with van der Waals surface area (Å²) < 4.78 is 10.3. The van der Waals surface area contributed by atoms with Crippen LogP contribution in [0.15, 0.2) is 12.2 Å². The molecule has 0 aliphatic carbocycles. The molecule has 0 aromatic rings. The van der Waals surface area contributed by atoms with E-state index in [0.29, 0.717) is 13.2 Å². The van der Waals surface area contributed by atoms with E-state index in [9.17, 15) is 9.59 Å². The van der Waals surface area contributed by atoms with Crippen LogP contribution in [0.1, 0.15) is 117 Å². The minimum Gasteiger partial charge on any atom is -0.466 e. The smallest absolute Gasteiger partial charge is 0.306 e. The molecule has 0 saturated carbocycles. The molecule has 0 spiro atoms. The van der Waals surface area contributed by atoms with Crippen molar-refractivity contribution in [3.05, 3.63) is 12.2 Å². The van der Waals surface area contributed by atoms with Crippen molar-refractivity contribution in [2.45, 2.75) is 117 Å². The summed E-state index contributed by atoms with van der Waals surface area (Å²) in [4.78, 5) is 23.2. The van der Waals surface area contributed by atoms with E-state index in [1.54, 1.807) is 0 Å². The Balaban J connectivity index is 3.30. The van der Waals surface area contributed by atoms with Gasteiger partial charge in [-0.15, -0.1) is 0 Å². The second-order valence-electron chi connectivity index (χ2n) is 7.50. The third kappa shape index (κ3) is 21.0. The molecule has 0 bridgehead atoms. The first-order valence-electron chi connectivity index (χ1n) is 11.7. The fraction of sp³-hybridized carbons (Fsp3) is 0.833. The Bertz CT molecular complexity index is 390. The van der Waals surface area contributed by atoms with Crippen LogP contribution in [0.3, 0.4) is 0 Å². The third-order valence-electron chi connectivity index (χ3n) is 4.72. The van der Waals surface area contributed by atoms with Crippen LogP contribution < -0.4 is 0 Å². The average Bonchev–Trinajstić information content (AvgIpc) is 2.69. The molecule has 0 amide bonds. The van der Waals surface area contributed by atoms with Crippen molar-refractivity contribution in [1.29, 1.82) is 0 Å². The number of esters is 2. The maximum Gasteiger partial charge on any atom is 0.306 e. The number of hydrogen-bond donors (Lipinski definition) is 0. The highest BCUT2D eigenvalue weighted by atomic mass is 16.5. The fourth-order valence-electron chi connectivity index (χ4n) is 2.96. The first-order chi connectivity index (χ1) is 13.7. The molecule has 0 heterocycles. The Labute approximate surface area is 173 Å². The molecule has 0 radical (unpaired) electrons. The van der Waals surface area contributed by atoms with Crippen LogP contribution in [0, 0.1) is 0 Å². The van der Waals surface area contributed by atoms with E-state index in [4.69, 9.17) is 9.47 Å². The van der Waals surface area contributed by atoms with Crippen molar-refractivity contribution < 1.29 is 19.1 Å². The summed E-state index contributed by atoms with van der Waals surface area (Å²) in [5.74, 6) is -0.588. The zero-order valence-corrected chi connectivity index (χ0v) is 18.5. The highest BCUT2D eigenvalue weighted by Gasteiger charge is 2.08. The van der Waals surface area contributed by atoms with E-state index in [0.717, 1.165) is 38.5 Å². The zero-order chi connectivity index (χ0) is 20.7. The normalized spacial score (nSPS) is 11.1. The predicted molar refractivity (Wildman–Crippen MR) is 116 cm³/mol. The number of carbonyl (C=O) groups is 2. The molecule has 4 nitrogen and oxygen atoms in total. The molecule has 0 aromatic carbocycles. The zero-order valence-electron chi connectivity index (χ0n) is 18.5. The lowest BCUT2D eigenvalue weighted by Crippen LogP contribution is -2.11. The number of hydrogen-bond acceptors (Lipinski definition) is 4. The summed E-state index contributed by atoms with van der Waals surface area (Å²) >= 11 is 0. The minimum absolute atomic E-state index is 0.126. The Morgan fingerprint density at radius 2 is 1.07 bits per heavy atom. The van der Waals surface area contributed by atoms with Gasteiger partial charge in [-0.2, -0.15) is 0 Å². The lowest BCUT2D eigenvalue weighted by Gasteiger charge is -2.06. The summed E-state index contributed by atoms with van der Waals surface area (Å²) in [7, 11) is 0. The van der Waals surface area contributed by atoms with Crippen LogP contribution in [0.25, 0.3) is 0 Å². The second-order valence-corrected chi connectivity index (χ2v) is 7.50. The maximum atomic E-state index is 11.6. The Hall–Kier alpha value is -1.32. The summed E-state index contributed by atoms with van der Waals surface area (Å²) in [6, 6.07) is 0. The molecular weight excluding hydrogens is 352 g/mol. The van der Waals surface area contributed by atoms with Crippen molar-refractivity contribution in [2.75, 3.05) is 13.2 Å². The fourth-order valence-corrected chi connectivity index (χ4v) is 2.96. The van der Waals surface area contributed by atoms with E-state index in [1.165, 1.54) is 51.4 Å². The van der Waals surface area contributed by atoms with Gasteiger partial charge in [0.05, 0.1) is 26.1 Å². The van der Waals surface area contributed by atoms with Crippen LogP contribution in [-0.4, -0.2) is 25.2 Å². The lowest BCUT2D eigenvalue weighted by molar-refractivity contribution is -0.150. The van der Waals surface area contributed by atoms with Gasteiger partial charge in [0.2, 0.25) is 0 Å². The molecule has 28 heavy (non-hydrogen) atoms. The van der Waals surface area contributed by atoms with Crippen molar-refractivity contribution in [1.82, 2.24) is 0 Å². The Morgan fingerprint density at radius 1 is 0.607 bits per heavy atom. The van der Waals surface area contributed by atoms with Crippen molar-refractivity contribution >= 4 is 11.9 Å². The van der Waals surface area contributed by atoms with Crippen LogP contribution in [0.2, 0.25) is 0 Å². The van der Waals surface area contributed by atoms with Gasteiger partial charge in [-0.05, 0) is 32.1 Å². The van der Waals surface area contributed by atoms with Crippen molar-refractivity contribution in [2.24, 2.45) is 0 Å². The molecule has 0 atom stereocenters. The van der Waals surface area contributed by atoms with E-state index < -0.39 is 0 Å². The number of carbonyl (C=O) groups excluding carboxylic acids is 2. The third-order valence-corrected chi connectivity index (χ3v) is 4.72. The number of unbranched alkanes of at least 4 members (excludes halogenated alkanes) is 11. The molecule has 4 heteroatoms. The summed E-state index contributed by atoms with van der Waals surface area (Å²) in [5, 5.41) is 0. The van der Waals surface area contributed by atoms with E-state index >= 15 is 0 Å². The SMILES string of the molecule is CC/C=C/CCCCCCCCCCOC(=O)CCC(=O)OCCCCCC. The van der Waals surface area contributed by atoms with Crippen LogP contribution in [0.4, 0.5) is 0 Å². The molecule has 0 aliphatic rings. The largest absolute Gasteiger partial charge is 0.466 e. The van der Waals surface area contributed by atoms with E-state index in [-0.39, 0.29) is 24.8 Å². The van der Waals surface area contributed by atoms with Crippen LogP contribution in [-0.2, 0) is 19.1 Å². The second kappa shape index (κ2) is 22.0. The molecule has 0 N–H and O–H groups in total. The van der Waals surface area contributed by atoms with Gasteiger partial charge in [0.15, 0.2) is 0 Å². The molecule has 0 aliphatic heterocycles. The molecular formula is C24H44O4. The van der Waals surface area contributed by atoms with Gasteiger partial charge < -0.3 is 9.47 Å². The summed E-state index contributed by atoms with van der Waals surface area (Å²) in [6.07, 6.45) is 21.2. The maximum absolute atomic E-state index is 11.6. The highest BCUT2D eigenvalue weighted by molar-refractivity contribution is 5.77. The van der Waals surface area contributed by atoms with Gasteiger partial charge in [-0.25, -0.2) is 0 Å². The lowest BCUT2D eigenvalue weighted by atomic mass is 10.1. The Kier molecular flexibility index (Phi) is 20.9. The molecule has 0 rings (SSSR count). The predicted octanol–water partition coefficient (Wildman–Crippen LogP) is 6.91. The molecule has 0 unspecified atom stereocenters. The van der Waals surface area contributed by atoms with Gasteiger partial charge >= 0.3 is 11.9 Å². The van der Waals surface area contributed by atoms with Crippen LogP contribution >= 0.6 is 0 Å². The summed E-state index contributed by atoms with van der Waals surface area (Å²) in [5.41, 5.74) is 0. The van der Waals surface area contributed by atoms with Gasteiger partial charge in [0, 0.05) is 0 Å². The molecule has 164 valence electrons. The van der Waals surface area contributed by atoms with Crippen molar-refractivity contribution in [3.63, 3.8) is 0 Å². The number of rotatable bonds is 20. The number of ether oxygens (including phenoxy) is 2. The number of allylic oxidation sites excluding steroid dienone is 2. The standard InChI is InChI=1S/C24H44O4/c1-3-5-7-9-10-11-12-13-14-15-16-18-22-28-24(26)20-19-23(25)27-21-17-8-6-4-2/h5,7H,3-4,6,8-22H2,1-2H3/b7-5+. The molecule has 0 fully saturated rings. The van der Waals surface area contributed by atoms with E-state index in [2.05, 4.69) is 26.0 Å². The first-order valence-corrected chi connectivity index (χ1v) is 11.7. The quantitative estimate of drug-likeness (QED) is 0.127. The first kappa shape index (κ1) is 26.7. The highest BCUT2D eigenvalue weighted by Crippen LogP contribution is 2.10. The van der Waals surface area contributed by atoms with Gasteiger partial charge in [-0.1, -0.05) is 83.8 Å². The average molecular weight is 397 g/mol. The van der Waals surface area contributed by atoms with Crippen LogP contribution in [0.5, 0.6) is 0 Å². The Morgan fingerprint density at radius 3 is 1.57 bits per heavy atom. The monoisotopic (exact) mass is 396 g/mol. The van der Waals surface area contributed by atoms with Gasteiger partial charge in [0.1, 0.15) is 0 Å².